The molecular formula is C27H23N3O3. The zero-order valence-electron chi connectivity index (χ0n) is 18.2. The van der Waals surface area contributed by atoms with Crippen molar-refractivity contribution in [3.63, 3.8) is 0 Å². The van der Waals surface area contributed by atoms with Crippen LogP contribution in [-0.4, -0.2) is 23.9 Å². The lowest BCUT2D eigenvalue weighted by atomic mass is 10.0. The van der Waals surface area contributed by atoms with E-state index in [-0.39, 0.29) is 12.7 Å². The summed E-state index contributed by atoms with van der Waals surface area (Å²) in [6, 6.07) is 23.3. The highest BCUT2D eigenvalue weighted by molar-refractivity contribution is 6.07. The van der Waals surface area contributed by atoms with E-state index in [1.807, 2.05) is 48.5 Å². The molecule has 0 saturated carbocycles. The van der Waals surface area contributed by atoms with E-state index < -0.39 is 0 Å². The number of nitrogens with one attached hydrogen (secondary N) is 1. The number of amides is 1. The number of hydrogen-bond acceptors (Lipinski definition) is 5. The minimum atomic E-state index is -0.297. The van der Waals surface area contributed by atoms with Gasteiger partial charge in [-0.1, -0.05) is 55.8 Å². The standard InChI is InChI=1S/C27H23N3O3/c1-2-5-18-8-11-20(12-9-18)24-15-22(21-6-3-4-7-23(21)29-24)27(31)30-28-16-19-10-13-25-26(14-19)33-17-32-25/h3-4,6-16H,2,5,17H2,1H3,(H,30,31). The second kappa shape index (κ2) is 9.12. The number of nitrogens with zero attached hydrogens (tertiary/aromatic N) is 2. The van der Waals surface area contributed by atoms with Crippen LogP contribution in [0.4, 0.5) is 0 Å². The molecule has 33 heavy (non-hydrogen) atoms. The number of benzene rings is 3. The Kier molecular flexibility index (Phi) is 5.72. The van der Waals surface area contributed by atoms with Gasteiger partial charge in [-0.05, 0) is 47.9 Å². The van der Waals surface area contributed by atoms with Gasteiger partial charge in [0, 0.05) is 10.9 Å². The Bertz CT molecular complexity index is 1350. The molecule has 0 unspecified atom stereocenters. The molecule has 0 aliphatic carbocycles. The number of carbonyl (C=O) groups is 1. The van der Waals surface area contributed by atoms with E-state index in [4.69, 9.17) is 14.5 Å². The summed E-state index contributed by atoms with van der Waals surface area (Å²) >= 11 is 0. The molecule has 1 aromatic heterocycles. The fourth-order valence-corrected chi connectivity index (χ4v) is 3.86. The van der Waals surface area contributed by atoms with Crippen LogP contribution < -0.4 is 14.9 Å². The van der Waals surface area contributed by atoms with Gasteiger partial charge in [0.2, 0.25) is 6.79 Å². The van der Waals surface area contributed by atoms with Gasteiger partial charge in [0.25, 0.3) is 5.91 Å². The van der Waals surface area contributed by atoms with Gasteiger partial charge >= 0.3 is 0 Å². The molecule has 1 amide bonds. The number of hydrazone groups is 1. The molecule has 6 heteroatoms. The third kappa shape index (κ3) is 4.41. The number of ether oxygens (including phenoxy) is 2. The molecule has 1 N–H and O–H groups in total. The molecule has 4 aromatic rings. The van der Waals surface area contributed by atoms with Crippen molar-refractivity contribution in [1.29, 1.82) is 0 Å². The van der Waals surface area contributed by atoms with Crippen molar-refractivity contribution < 1.29 is 14.3 Å². The summed E-state index contributed by atoms with van der Waals surface area (Å²) in [6.07, 6.45) is 3.72. The smallest absolute Gasteiger partial charge is 0.272 e. The number of carbonyl (C=O) groups excluding carboxylic acids is 1. The molecule has 0 fully saturated rings. The highest BCUT2D eigenvalue weighted by atomic mass is 16.7. The molecule has 1 aliphatic rings. The second-order valence-electron chi connectivity index (χ2n) is 7.83. The lowest BCUT2D eigenvalue weighted by Crippen LogP contribution is -2.18. The van der Waals surface area contributed by atoms with Crippen LogP contribution in [-0.2, 0) is 6.42 Å². The summed E-state index contributed by atoms with van der Waals surface area (Å²) in [5.41, 5.74) is 7.74. The summed E-state index contributed by atoms with van der Waals surface area (Å²) in [6.45, 7) is 2.38. The summed E-state index contributed by atoms with van der Waals surface area (Å²) in [4.78, 5) is 17.8. The van der Waals surface area contributed by atoms with Crippen molar-refractivity contribution in [2.24, 2.45) is 5.10 Å². The van der Waals surface area contributed by atoms with Gasteiger partial charge in [-0.25, -0.2) is 10.4 Å². The van der Waals surface area contributed by atoms with Crippen LogP contribution in [0.1, 0.15) is 34.8 Å². The molecule has 0 atom stereocenters. The van der Waals surface area contributed by atoms with Crippen molar-refractivity contribution in [2.45, 2.75) is 19.8 Å². The minimum Gasteiger partial charge on any atom is -0.454 e. The molecule has 6 nitrogen and oxygen atoms in total. The Morgan fingerprint density at radius 2 is 1.85 bits per heavy atom. The van der Waals surface area contributed by atoms with Gasteiger partial charge in [0.15, 0.2) is 11.5 Å². The predicted molar refractivity (Wildman–Crippen MR) is 129 cm³/mol. The fraction of sp³-hybridized carbons (Fsp3) is 0.148. The third-order valence-corrected chi connectivity index (χ3v) is 5.53. The summed E-state index contributed by atoms with van der Waals surface area (Å²) in [5, 5.41) is 4.92. The highest BCUT2D eigenvalue weighted by Crippen LogP contribution is 2.32. The number of fused-ring (bicyclic) bond motifs is 2. The van der Waals surface area contributed by atoms with Gasteiger partial charge in [0.05, 0.1) is 23.0 Å². The van der Waals surface area contributed by atoms with Crippen LogP contribution in [0.15, 0.2) is 77.9 Å². The average Bonchev–Trinajstić information content (AvgIpc) is 3.32. The van der Waals surface area contributed by atoms with E-state index in [2.05, 4.69) is 41.7 Å². The van der Waals surface area contributed by atoms with Gasteiger partial charge in [-0.3, -0.25) is 4.79 Å². The Hall–Kier alpha value is -4.19. The molecule has 3 aromatic carbocycles. The van der Waals surface area contributed by atoms with E-state index >= 15 is 0 Å². The average molecular weight is 437 g/mol. The van der Waals surface area contributed by atoms with E-state index in [1.54, 1.807) is 6.21 Å². The number of hydrogen-bond donors (Lipinski definition) is 1. The Morgan fingerprint density at radius 3 is 2.70 bits per heavy atom. The molecule has 0 spiro atoms. The van der Waals surface area contributed by atoms with Gasteiger partial charge in [0.1, 0.15) is 0 Å². The SMILES string of the molecule is CCCc1ccc(-c2cc(C(=O)NN=Cc3ccc4c(c3)OCO4)c3ccccc3n2)cc1. The number of aryl methyl sites for hydroxylation is 1. The minimum absolute atomic E-state index is 0.214. The molecule has 164 valence electrons. The maximum atomic E-state index is 13.1. The zero-order chi connectivity index (χ0) is 22.6. The predicted octanol–water partition coefficient (Wildman–Crippen LogP) is 5.35. The first kappa shape index (κ1) is 20.7. The van der Waals surface area contributed by atoms with Gasteiger partial charge < -0.3 is 9.47 Å². The lowest BCUT2D eigenvalue weighted by Gasteiger charge is -2.09. The van der Waals surface area contributed by atoms with Crippen molar-refractivity contribution in [3.8, 4) is 22.8 Å². The van der Waals surface area contributed by atoms with E-state index in [1.165, 1.54) is 5.56 Å². The van der Waals surface area contributed by atoms with E-state index in [9.17, 15) is 4.79 Å². The molecule has 0 radical (unpaired) electrons. The first-order chi connectivity index (χ1) is 16.2. The molecule has 0 bridgehead atoms. The summed E-state index contributed by atoms with van der Waals surface area (Å²) < 4.78 is 10.7. The van der Waals surface area contributed by atoms with Crippen LogP contribution in [0, 0.1) is 0 Å². The lowest BCUT2D eigenvalue weighted by molar-refractivity contribution is 0.0956. The maximum Gasteiger partial charge on any atom is 0.272 e. The third-order valence-electron chi connectivity index (χ3n) is 5.53. The monoisotopic (exact) mass is 437 g/mol. The van der Waals surface area contributed by atoms with Crippen LogP contribution in [0.25, 0.3) is 22.2 Å². The Balaban J connectivity index is 1.42. The van der Waals surface area contributed by atoms with Crippen LogP contribution >= 0.6 is 0 Å². The molecular weight excluding hydrogens is 414 g/mol. The first-order valence-corrected chi connectivity index (χ1v) is 10.9. The van der Waals surface area contributed by atoms with Crippen molar-refractivity contribution in [1.82, 2.24) is 10.4 Å². The van der Waals surface area contributed by atoms with Gasteiger partial charge in [-0.2, -0.15) is 5.10 Å². The van der Waals surface area contributed by atoms with E-state index in [0.29, 0.717) is 17.1 Å². The number of aromatic nitrogens is 1. The van der Waals surface area contributed by atoms with E-state index in [0.717, 1.165) is 40.6 Å². The quantitative estimate of drug-likeness (QED) is 0.326. The van der Waals surface area contributed by atoms with Gasteiger partial charge in [-0.15, -0.1) is 0 Å². The second-order valence-corrected chi connectivity index (χ2v) is 7.83. The topological polar surface area (TPSA) is 72.8 Å². The normalized spacial score (nSPS) is 12.4. The zero-order valence-corrected chi connectivity index (χ0v) is 18.2. The molecule has 1 aliphatic heterocycles. The summed E-state index contributed by atoms with van der Waals surface area (Å²) in [5.74, 6) is 1.07. The first-order valence-electron chi connectivity index (χ1n) is 10.9. The largest absolute Gasteiger partial charge is 0.454 e. The number of para-hydroxylation sites is 1. The Labute approximate surface area is 191 Å². The number of pyridine rings is 1. The fourth-order valence-electron chi connectivity index (χ4n) is 3.86. The number of rotatable bonds is 6. The van der Waals surface area contributed by atoms with Crippen molar-refractivity contribution >= 4 is 23.0 Å². The highest BCUT2D eigenvalue weighted by Gasteiger charge is 2.15. The Morgan fingerprint density at radius 1 is 1.03 bits per heavy atom. The van der Waals surface area contributed by atoms with Crippen LogP contribution in [0.5, 0.6) is 11.5 Å². The van der Waals surface area contributed by atoms with Crippen LogP contribution in [0.3, 0.4) is 0 Å². The van der Waals surface area contributed by atoms with Crippen molar-refractivity contribution in [2.75, 3.05) is 6.79 Å². The molecule has 2 heterocycles. The molecule has 5 rings (SSSR count). The maximum absolute atomic E-state index is 13.1. The van der Waals surface area contributed by atoms with Crippen LogP contribution in [0.2, 0.25) is 0 Å². The van der Waals surface area contributed by atoms with Crippen molar-refractivity contribution in [3.05, 3.63) is 89.5 Å². The molecule has 0 saturated heterocycles. The summed E-state index contributed by atoms with van der Waals surface area (Å²) in [7, 11) is 0.